The molecule has 2 amide bonds. The van der Waals surface area contributed by atoms with E-state index >= 15 is 0 Å². The zero-order chi connectivity index (χ0) is 17.9. The lowest BCUT2D eigenvalue weighted by molar-refractivity contribution is -0.189. The number of nitrogens with zero attached hydrogens (tertiary/aromatic N) is 2. The van der Waals surface area contributed by atoms with Gasteiger partial charge in [-0.05, 0) is 26.0 Å². The van der Waals surface area contributed by atoms with Gasteiger partial charge in [0.2, 0.25) is 11.8 Å². The van der Waals surface area contributed by atoms with Crippen molar-refractivity contribution in [1.29, 1.82) is 0 Å². The molecule has 25 heavy (non-hydrogen) atoms. The molecule has 7 heteroatoms. The summed E-state index contributed by atoms with van der Waals surface area (Å²) in [5.41, 5.74) is -0.369. The number of hydrogen-bond donors (Lipinski definition) is 1. The highest BCUT2D eigenvalue weighted by molar-refractivity contribution is 6.04. The Hall–Kier alpha value is -1.99. The molecule has 7 nitrogen and oxygen atoms in total. The second kappa shape index (κ2) is 7.09. The smallest absolute Gasteiger partial charge is 0.237 e. The number of likely N-dealkylation sites (tertiary alicyclic amines) is 1. The van der Waals surface area contributed by atoms with E-state index < -0.39 is 11.2 Å². The van der Waals surface area contributed by atoms with Crippen LogP contribution in [0.25, 0.3) is 0 Å². The van der Waals surface area contributed by atoms with Crippen molar-refractivity contribution in [3.8, 4) is 0 Å². The van der Waals surface area contributed by atoms with Crippen molar-refractivity contribution in [3.63, 3.8) is 0 Å². The molecule has 2 aliphatic rings. The molecular formula is C18H25N3O4. The van der Waals surface area contributed by atoms with Crippen LogP contribution < -0.4 is 5.32 Å². The van der Waals surface area contributed by atoms with E-state index in [9.17, 15) is 9.59 Å². The van der Waals surface area contributed by atoms with Crippen LogP contribution >= 0.6 is 0 Å². The summed E-state index contributed by atoms with van der Waals surface area (Å²) in [4.78, 5) is 31.3. The highest BCUT2D eigenvalue weighted by Crippen LogP contribution is 2.33. The van der Waals surface area contributed by atoms with E-state index in [1.54, 1.807) is 24.9 Å². The Morgan fingerprint density at radius 1 is 1.24 bits per heavy atom. The molecule has 0 radical (unpaired) electrons. The Morgan fingerprint density at radius 3 is 2.52 bits per heavy atom. The first-order valence-electron chi connectivity index (χ1n) is 8.68. The zero-order valence-electron chi connectivity index (χ0n) is 14.8. The third kappa shape index (κ3) is 3.82. The minimum absolute atomic E-state index is 0.168. The molecule has 0 aromatic carbocycles. The maximum absolute atomic E-state index is 12.8. The zero-order valence-corrected chi connectivity index (χ0v) is 14.8. The summed E-state index contributed by atoms with van der Waals surface area (Å²) in [7, 11) is 0. The number of amides is 2. The van der Waals surface area contributed by atoms with E-state index in [1.807, 2.05) is 18.2 Å². The number of pyridine rings is 1. The number of hydrogen-bond acceptors (Lipinski definition) is 5. The number of piperidine rings is 1. The van der Waals surface area contributed by atoms with Gasteiger partial charge in [-0.15, -0.1) is 0 Å². The van der Waals surface area contributed by atoms with Crippen LogP contribution in [0.1, 0.15) is 32.4 Å². The van der Waals surface area contributed by atoms with Crippen LogP contribution in [0.4, 0.5) is 0 Å². The average molecular weight is 347 g/mol. The van der Waals surface area contributed by atoms with Crippen LogP contribution in [0.2, 0.25) is 0 Å². The lowest BCUT2D eigenvalue weighted by Crippen LogP contribution is -2.54. The summed E-state index contributed by atoms with van der Waals surface area (Å²) in [6, 6.07) is 5.52. The topological polar surface area (TPSA) is 80.8 Å². The van der Waals surface area contributed by atoms with E-state index in [0.717, 1.165) is 5.69 Å². The second-order valence-electron chi connectivity index (χ2n) is 7.03. The van der Waals surface area contributed by atoms with E-state index in [1.165, 1.54) is 0 Å². The molecule has 2 fully saturated rings. The minimum atomic E-state index is -1.13. The molecule has 3 heterocycles. The van der Waals surface area contributed by atoms with Crippen LogP contribution in [-0.2, 0) is 25.6 Å². The lowest BCUT2D eigenvalue weighted by atomic mass is 9.89. The first-order chi connectivity index (χ1) is 11.9. The number of ether oxygens (including phenoxy) is 2. The van der Waals surface area contributed by atoms with E-state index in [2.05, 4.69) is 10.3 Å². The fourth-order valence-corrected chi connectivity index (χ4v) is 3.22. The molecular weight excluding hydrogens is 322 g/mol. The quantitative estimate of drug-likeness (QED) is 0.825. The SMILES string of the molecule is CC(C)(C(=O)NCc1ccccn1)C(=O)N1CCC2(CC1)OCCO2. The lowest BCUT2D eigenvalue weighted by Gasteiger charge is -2.40. The number of carbonyl (C=O) groups excluding carboxylic acids is 2. The Labute approximate surface area is 147 Å². The van der Waals surface area contributed by atoms with Gasteiger partial charge in [-0.2, -0.15) is 0 Å². The summed E-state index contributed by atoms with van der Waals surface area (Å²) in [6.07, 6.45) is 2.96. The number of carbonyl (C=O) groups is 2. The Bertz CT molecular complexity index is 616. The van der Waals surface area contributed by atoms with Crippen molar-refractivity contribution in [1.82, 2.24) is 15.2 Å². The fraction of sp³-hybridized carbons (Fsp3) is 0.611. The molecule has 0 unspecified atom stereocenters. The van der Waals surface area contributed by atoms with Crippen molar-refractivity contribution in [2.24, 2.45) is 5.41 Å². The maximum atomic E-state index is 12.8. The normalized spacial score (nSPS) is 19.8. The molecule has 0 bridgehead atoms. The third-order valence-corrected chi connectivity index (χ3v) is 4.88. The molecule has 2 saturated heterocycles. The third-order valence-electron chi connectivity index (χ3n) is 4.88. The largest absolute Gasteiger partial charge is 0.350 e. The maximum Gasteiger partial charge on any atom is 0.237 e. The van der Waals surface area contributed by atoms with Gasteiger partial charge in [-0.1, -0.05) is 6.07 Å². The average Bonchev–Trinajstić information content (AvgIpc) is 3.08. The Morgan fingerprint density at radius 2 is 1.92 bits per heavy atom. The molecule has 3 rings (SSSR count). The molecule has 136 valence electrons. The fourth-order valence-electron chi connectivity index (χ4n) is 3.22. The van der Waals surface area contributed by atoms with Gasteiger partial charge in [0.25, 0.3) is 0 Å². The molecule has 1 aromatic rings. The summed E-state index contributed by atoms with van der Waals surface area (Å²) in [6.45, 7) is 5.92. The van der Waals surface area contributed by atoms with Gasteiger partial charge in [0.1, 0.15) is 5.41 Å². The van der Waals surface area contributed by atoms with E-state index in [-0.39, 0.29) is 11.8 Å². The predicted molar refractivity (Wildman–Crippen MR) is 90.3 cm³/mol. The Kier molecular flexibility index (Phi) is 5.06. The molecule has 2 aliphatic heterocycles. The van der Waals surface area contributed by atoms with Crippen LogP contribution in [0.15, 0.2) is 24.4 Å². The van der Waals surface area contributed by atoms with Crippen LogP contribution in [0.3, 0.4) is 0 Å². The number of rotatable bonds is 4. The van der Waals surface area contributed by atoms with Crippen molar-refractivity contribution in [2.75, 3.05) is 26.3 Å². The molecule has 0 atom stereocenters. The molecule has 0 saturated carbocycles. The van der Waals surface area contributed by atoms with Crippen molar-refractivity contribution < 1.29 is 19.1 Å². The highest BCUT2D eigenvalue weighted by atomic mass is 16.7. The van der Waals surface area contributed by atoms with Crippen molar-refractivity contribution in [2.45, 2.75) is 39.0 Å². The van der Waals surface area contributed by atoms with Crippen molar-refractivity contribution >= 4 is 11.8 Å². The number of aromatic nitrogens is 1. The predicted octanol–water partition coefficient (Wildman–Crippen LogP) is 1.09. The van der Waals surface area contributed by atoms with Gasteiger partial charge in [0.05, 0.1) is 25.5 Å². The molecule has 1 spiro atoms. The molecule has 1 aromatic heterocycles. The first kappa shape index (κ1) is 17.8. The minimum Gasteiger partial charge on any atom is -0.350 e. The first-order valence-corrected chi connectivity index (χ1v) is 8.68. The van der Waals surface area contributed by atoms with E-state index in [0.29, 0.717) is 45.7 Å². The monoisotopic (exact) mass is 347 g/mol. The Balaban J connectivity index is 1.55. The van der Waals surface area contributed by atoms with Gasteiger partial charge in [-0.25, -0.2) is 0 Å². The summed E-state index contributed by atoms with van der Waals surface area (Å²) in [5, 5.41) is 2.81. The second-order valence-corrected chi connectivity index (χ2v) is 7.03. The number of nitrogens with one attached hydrogen (secondary N) is 1. The van der Waals surface area contributed by atoms with Crippen LogP contribution in [-0.4, -0.2) is 53.8 Å². The van der Waals surface area contributed by atoms with Crippen molar-refractivity contribution in [3.05, 3.63) is 30.1 Å². The summed E-state index contributed by atoms with van der Waals surface area (Å²) < 4.78 is 11.4. The molecule has 0 aliphatic carbocycles. The molecule has 1 N–H and O–H groups in total. The van der Waals surface area contributed by atoms with Gasteiger partial charge >= 0.3 is 0 Å². The van der Waals surface area contributed by atoms with Crippen LogP contribution in [0.5, 0.6) is 0 Å². The van der Waals surface area contributed by atoms with Gasteiger partial charge < -0.3 is 19.7 Å². The van der Waals surface area contributed by atoms with Crippen LogP contribution in [0, 0.1) is 5.41 Å². The summed E-state index contributed by atoms with van der Waals surface area (Å²) >= 11 is 0. The van der Waals surface area contributed by atoms with E-state index in [4.69, 9.17) is 9.47 Å². The van der Waals surface area contributed by atoms with Gasteiger partial charge in [0, 0.05) is 32.1 Å². The van der Waals surface area contributed by atoms with Gasteiger partial charge in [-0.3, -0.25) is 14.6 Å². The highest BCUT2D eigenvalue weighted by Gasteiger charge is 2.45. The standard InChI is InChI=1S/C18H25N3O4/c1-17(2,15(22)20-13-14-5-3-4-8-19-14)16(23)21-9-6-18(7-10-21)24-11-12-25-18/h3-5,8H,6-7,9-13H2,1-2H3,(H,20,22). The van der Waals surface area contributed by atoms with Gasteiger partial charge in [0.15, 0.2) is 5.79 Å². The summed E-state index contributed by atoms with van der Waals surface area (Å²) in [5.74, 6) is -0.988.